The van der Waals surface area contributed by atoms with E-state index in [1.54, 1.807) is 7.11 Å². The molecule has 0 aliphatic rings. The van der Waals surface area contributed by atoms with E-state index in [4.69, 9.17) is 4.74 Å². The molecule has 0 fully saturated rings. The van der Waals surface area contributed by atoms with Crippen LogP contribution in [-0.2, 0) is 0 Å². The quantitative estimate of drug-likeness (QED) is 0.552. The van der Waals surface area contributed by atoms with Gasteiger partial charge in [-0.15, -0.1) is 0 Å². The van der Waals surface area contributed by atoms with Crippen LogP contribution in [0.1, 0.15) is 55.5 Å². The summed E-state index contributed by atoms with van der Waals surface area (Å²) >= 11 is 0. The van der Waals surface area contributed by atoms with Gasteiger partial charge < -0.3 is 10.1 Å². The summed E-state index contributed by atoms with van der Waals surface area (Å²) in [4.78, 5) is 12.3. The molecule has 1 aromatic carbocycles. The number of unbranched alkanes of at least 4 members (excludes halogenated alkanes) is 3. The SMILES string of the molecule is CCCCCCNC(C)C(=O)c1ccc(OC)c(C)c1. The van der Waals surface area contributed by atoms with Crippen molar-refractivity contribution in [2.24, 2.45) is 0 Å². The van der Waals surface area contributed by atoms with Gasteiger partial charge in [-0.1, -0.05) is 26.2 Å². The molecule has 3 heteroatoms. The fourth-order valence-corrected chi connectivity index (χ4v) is 2.24. The molecule has 0 saturated heterocycles. The van der Waals surface area contributed by atoms with Crippen molar-refractivity contribution in [3.63, 3.8) is 0 Å². The molecule has 0 aliphatic heterocycles. The first kappa shape index (κ1) is 16.7. The van der Waals surface area contributed by atoms with Gasteiger partial charge >= 0.3 is 0 Å². The standard InChI is InChI=1S/C17H27NO2/c1-5-6-7-8-11-18-14(3)17(19)15-9-10-16(20-4)13(2)12-15/h9-10,12,14,18H,5-8,11H2,1-4H3. The van der Waals surface area contributed by atoms with Crippen LogP contribution < -0.4 is 10.1 Å². The van der Waals surface area contributed by atoms with Gasteiger partial charge in [-0.3, -0.25) is 4.79 Å². The monoisotopic (exact) mass is 277 g/mol. The summed E-state index contributed by atoms with van der Waals surface area (Å²) < 4.78 is 5.22. The second-order valence-electron chi connectivity index (χ2n) is 5.29. The third kappa shape index (κ3) is 4.97. The predicted molar refractivity (Wildman–Crippen MR) is 83.7 cm³/mol. The minimum absolute atomic E-state index is 0.135. The molecule has 1 atom stereocenters. The number of methoxy groups -OCH3 is 1. The molecule has 112 valence electrons. The minimum Gasteiger partial charge on any atom is -0.496 e. The molecular weight excluding hydrogens is 250 g/mol. The van der Waals surface area contributed by atoms with Gasteiger partial charge in [0.2, 0.25) is 0 Å². The van der Waals surface area contributed by atoms with Crippen molar-refractivity contribution in [2.75, 3.05) is 13.7 Å². The highest BCUT2D eigenvalue weighted by Crippen LogP contribution is 2.19. The molecule has 0 radical (unpaired) electrons. The molecule has 0 spiro atoms. The van der Waals surface area contributed by atoms with Gasteiger partial charge in [0.25, 0.3) is 0 Å². The number of benzene rings is 1. The molecule has 1 aromatic rings. The number of carbonyl (C=O) groups excluding carboxylic acids is 1. The molecular formula is C17H27NO2. The third-order valence-corrected chi connectivity index (χ3v) is 3.55. The second kappa shape index (κ2) is 8.75. The maximum atomic E-state index is 12.3. The smallest absolute Gasteiger partial charge is 0.179 e. The zero-order chi connectivity index (χ0) is 15.0. The number of carbonyl (C=O) groups is 1. The highest BCUT2D eigenvalue weighted by atomic mass is 16.5. The van der Waals surface area contributed by atoms with Crippen LogP contribution in [0.25, 0.3) is 0 Å². The summed E-state index contributed by atoms with van der Waals surface area (Å²) in [6.45, 7) is 6.99. The van der Waals surface area contributed by atoms with Gasteiger partial charge in [0.15, 0.2) is 5.78 Å². The van der Waals surface area contributed by atoms with E-state index in [2.05, 4.69) is 12.2 Å². The summed E-state index contributed by atoms with van der Waals surface area (Å²) in [5.74, 6) is 0.966. The largest absolute Gasteiger partial charge is 0.496 e. The average Bonchev–Trinajstić information content (AvgIpc) is 2.46. The van der Waals surface area contributed by atoms with Crippen LogP contribution in [0, 0.1) is 6.92 Å². The van der Waals surface area contributed by atoms with E-state index < -0.39 is 0 Å². The third-order valence-electron chi connectivity index (χ3n) is 3.55. The van der Waals surface area contributed by atoms with Crippen molar-refractivity contribution in [3.05, 3.63) is 29.3 Å². The van der Waals surface area contributed by atoms with Crippen molar-refractivity contribution >= 4 is 5.78 Å². The van der Waals surface area contributed by atoms with Gasteiger partial charge in [0, 0.05) is 5.56 Å². The van der Waals surface area contributed by atoms with Crippen molar-refractivity contribution < 1.29 is 9.53 Å². The van der Waals surface area contributed by atoms with Gasteiger partial charge in [0.1, 0.15) is 5.75 Å². The summed E-state index contributed by atoms with van der Waals surface area (Å²) in [5, 5.41) is 3.31. The molecule has 0 saturated carbocycles. The molecule has 20 heavy (non-hydrogen) atoms. The van der Waals surface area contributed by atoms with Gasteiger partial charge in [-0.2, -0.15) is 0 Å². The molecule has 1 unspecified atom stereocenters. The van der Waals surface area contributed by atoms with E-state index in [0.29, 0.717) is 0 Å². The van der Waals surface area contributed by atoms with Crippen LogP contribution >= 0.6 is 0 Å². The first-order valence-electron chi connectivity index (χ1n) is 7.52. The molecule has 0 aliphatic carbocycles. The molecule has 0 amide bonds. The van der Waals surface area contributed by atoms with E-state index >= 15 is 0 Å². The van der Waals surface area contributed by atoms with Gasteiger partial charge in [0.05, 0.1) is 13.2 Å². The maximum absolute atomic E-state index is 12.3. The number of aryl methyl sites for hydroxylation is 1. The van der Waals surface area contributed by atoms with Crippen LogP contribution in [0.2, 0.25) is 0 Å². The lowest BCUT2D eigenvalue weighted by Gasteiger charge is -2.14. The number of ketones is 1. The Kier molecular flexibility index (Phi) is 7.31. The van der Waals surface area contributed by atoms with E-state index in [-0.39, 0.29) is 11.8 Å². The molecule has 0 aromatic heterocycles. The Morgan fingerprint density at radius 2 is 2.05 bits per heavy atom. The van der Waals surface area contributed by atoms with Crippen molar-refractivity contribution in [1.82, 2.24) is 5.32 Å². The topological polar surface area (TPSA) is 38.3 Å². The molecule has 1 rings (SSSR count). The fraction of sp³-hybridized carbons (Fsp3) is 0.588. The Bertz CT molecular complexity index is 429. The van der Waals surface area contributed by atoms with E-state index in [9.17, 15) is 4.79 Å². The van der Waals surface area contributed by atoms with Gasteiger partial charge in [-0.25, -0.2) is 0 Å². The normalized spacial score (nSPS) is 12.2. The molecule has 0 bridgehead atoms. The highest BCUT2D eigenvalue weighted by Gasteiger charge is 2.15. The van der Waals surface area contributed by atoms with Crippen molar-refractivity contribution in [3.8, 4) is 5.75 Å². The Balaban J connectivity index is 2.50. The number of ether oxygens (including phenoxy) is 1. The number of rotatable bonds is 9. The van der Waals surface area contributed by atoms with Crippen LogP contribution in [0.5, 0.6) is 5.75 Å². The summed E-state index contributed by atoms with van der Waals surface area (Å²) in [5.41, 5.74) is 1.74. The van der Waals surface area contributed by atoms with E-state index in [1.165, 1.54) is 19.3 Å². The van der Waals surface area contributed by atoms with Crippen molar-refractivity contribution in [1.29, 1.82) is 0 Å². The maximum Gasteiger partial charge on any atom is 0.179 e. The van der Waals surface area contributed by atoms with Crippen LogP contribution in [0.3, 0.4) is 0 Å². The van der Waals surface area contributed by atoms with E-state index in [1.807, 2.05) is 32.0 Å². The Hall–Kier alpha value is -1.35. The highest BCUT2D eigenvalue weighted by molar-refractivity contribution is 6.00. The lowest BCUT2D eigenvalue weighted by molar-refractivity contribution is 0.0951. The number of Topliss-reactive ketones (excluding diaryl/α,β-unsaturated/α-hetero) is 1. The van der Waals surface area contributed by atoms with Gasteiger partial charge in [-0.05, 0) is 50.6 Å². The summed E-state index contributed by atoms with van der Waals surface area (Å²) in [6, 6.07) is 5.46. The Morgan fingerprint density at radius 3 is 2.65 bits per heavy atom. The van der Waals surface area contributed by atoms with Crippen molar-refractivity contribution in [2.45, 2.75) is 52.5 Å². The zero-order valence-corrected chi connectivity index (χ0v) is 13.2. The van der Waals surface area contributed by atoms with Crippen LogP contribution in [-0.4, -0.2) is 25.5 Å². The van der Waals surface area contributed by atoms with Crippen LogP contribution in [0.15, 0.2) is 18.2 Å². The Labute approximate surface area is 122 Å². The fourth-order valence-electron chi connectivity index (χ4n) is 2.24. The second-order valence-corrected chi connectivity index (χ2v) is 5.29. The number of hydrogen-bond acceptors (Lipinski definition) is 3. The number of hydrogen-bond donors (Lipinski definition) is 1. The molecule has 0 heterocycles. The predicted octanol–water partition coefficient (Wildman–Crippen LogP) is 3.74. The molecule has 3 nitrogen and oxygen atoms in total. The lowest BCUT2D eigenvalue weighted by atomic mass is 10.0. The zero-order valence-electron chi connectivity index (χ0n) is 13.2. The minimum atomic E-state index is -0.135. The van der Waals surface area contributed by atoms with Crippen LogP contribution in [0.4, 0.5) is 0 Å². The average molecular weight is 277 g/mol. The van der Waals surface area contributed by atoms with E-state index in [0.717, 1.165) is 29.8 Å². The first-order valence-corrected chi connectivity index (χ1v) is 7.52. The summed E-state index contributed by atoms with van der Waals surface area (Å²) in [7, 11) is 1.64. The molecule has 1 N–H and O–H groups in total. The number of nitrogens with one attached hydrogen (secondary N) is 1. The first-order chi connectivity index (χ1) is 9.60. The summed E-state index contributed by atoms with van der Waals surface area (Å²) in [6.07, 6.45) is 4.86. The Morgan fingerprint density at radius 1 is 1.30 bits per heavy atom. The lowest BCUT2D eigenvalue weighted by Crippen LogP contribution is -2.34.